The standard InChI is InChI=1S/C18H23N3O4S/c1-12-4-5-16-14(10-12)17(22)15(11-20(16)2)18(23)21-8-6-13(7-9-21)19-26(3,24)25/h4-5,10-11,13,19H,6-9H2,1-3H3. The zero-order valence-corrected chi connectivity index (χ0v) is 16.0. The van der Waals surface area contributed by atoms with Crippen LogP contribution in [-0.4, -0.2) is 49.2 Å². The van der Waals surface area contributed by atoms with Gasteiger partial charge in [-0.05, 0) is 31.9 Å². The van der Waals surface area contributed by atoms with Crippen molar-refractivity contribution in [1.82, 2.24) is 14.2 Å². The first-order valence-corrected chi connectivity index (χ1v) is 10.4. The molecule has 1 aromatic carbocycles. The number of benzene rings is 1. The number of sulfonamides is 1. The summed E-state index contributed by atoms with van der Waals surface area (Å²) in [6, 6.07) is 5.44. The predicted molar refractivity (Wildman–Crippen MR) is 101 cm³/mol. The summed E-state index contributed by atoms with van der Waals surface area (Å²) in [5.74, 6) is -0.299. The molecule has 0 aliphatic carbocycles. The number of nitrogens with zero attached hydrogens (tertiary/aromatic N) is 2. The number of likely N-dealkylation sites (tertiary alicyclic amines) is 1. The van der Waals surface area contributed by atoms with E-state index in [1.54, 1.807) is 21.7 Å². The molecule has 1 saturated heterocycles. The molecule has 0 radical (unpaired) electrons. The van der Waals surface area contributed by atoms with Crippen LogP contribution in [0.25, 0.3) is 10.9 Å². The van der Waals surface area contributed by atoms with Gasteiger partial charge in [0.05, 0.1) is 11.8 Å². The van der Waals surface area contributed by atoms with Gasteiger partial charge in [-0.25, -0.2) is 13.1 Å². The molecule has 7 nitrogen and oxygen atoms in total. The molecular formula is C18H23N3O4S. The van der Waals surface area contributed by atoms with E-state index in [2.05, 4.69) is 4.72 Å². The Morgan fingerprint density at radius 3 is 2.50 bits per heavy atom. The van der Waals surface area contributed by atoms with Crippen LogP contribution in [0.4, 0.5) is 0 Å². The molecule has 1 N–H and O–H groups in total. The first kappa shape index (κ1) is 18.6. The monoisotopic (exact) mass is 377 g/mol. The highest BCUT2D eigenvalue weighted by atomic mass is 32.2. The summed E-state index contributed by atoms with van der Waals surface area (Å²) >= 11 is 0. The Hall–Kier alpha value is -2.19. The molecule has 26 heavy (non-hydrogen) atoms. The quantitative estimate of drug-likeness (QED) is 0.864. The minimum absolute atomic E-state index is 0.153. The molecule has 140 valence electrons. The van der Waals surface area contributed by atoms with Gasteiger partial charge in [-0.15, -0.1) is 0 Å². The lowest BCUT2D eigenvalue weighted by molar-refractivity contribution is 0.0709. The second-order valence-electron chi connectivity index (χ2n) is 6.96. The van der Waals surface area contributed by atoms with Crippen LogP contribution >= 0.6 is 0 Å². The van der Waals surface area contributed by atoms with Crippen molar-refractivity contribution in [2.45, 2.75) is 25.8 Å². The van der Waals surface area contributed by atoms with Crippen LogP contribution in [0.2, 0.25) is 0 Å². The third-order valence-electron chi connectivity index (χ3n) is 4.74. The van der Waals surface area contributed by atoms with Crippen molar-refractivity contribution in [3.8, 4) is 0 Å². The van der Waals surface area contributed by atoms with Crippen LogP contribution in [0.3, 0.4) is 0 Å². The fourth-order valence-corrected chi connectivity index (χ4v) is 4.27. The molecule has 0 saturated carbocycles. The number of carbonyl (C=O) groups excluding carboxylic acids is 1. The molecule has 1 aliphatic heterocycles. The molecule has 0 bridgehead atoms. The fraction of sp³-hybridized carbons (Fsp3) is 0.444. The topological polar surface area (TPSA) is 88.5 Å². The Balaban J connectivity index is 1.85. The molecule has 1 fully saturated rings. The summed E-state index contributed by atoms with van der Waals surface area (Å²) in [6.07, 6.45) is 3.78. The fourth-order valence-electron chi connectivity index (χ4n) is 3.43. The zero-order valence-electron chi connectivity index (χ0n) is 15.2. The summed E-state index contributed by atoms with van der Waals surface area (Å²) in [5, 5.41) is 0.534. The lowest BCUT2D eigenvalue weighted by Gasteiger charge is -2.32. The molecule has 3 rings (SSSR count). The van der Waals surface area contributed by atoms with Crippen molar-refractivity contribution < 1.29 is 13.2 Å². The summed E-state index contributed by atoms with van der Waals surface area (Å²) in [4.78, 5) is 27.3. The average Bonchev–Trinajstić information content (AvgIpc) is 2.56. The van der Waals surface area contributed by atoms with Crippen molar-refractivity contribution in [2.24, 2.45) is 7.05 Å². The van der Waals surface area contributed by atoms with Crippen molar-refractivity contribution >= 4 is 26.8 Å². The maximum atomic E-state index is 12.9. The van der Waals surface area contributed by atoms with E-state index in [-0.39, 0.29) is 22.9 Å². The number of fused-ring (bicyclic) bond motifs is 1. The van der Waals surface area contributed by atoms with E-state index in [1.165, 1.54) is 0 Å². The number of aryl methyl sites for hydroxylation is 2. The minimum atomic E-state index is -3.26. The smallest absolute Gasteiger partial charge is 0.259 e. The SMILES string of the molecule is Cc1ccc2c(c1)c(=O)c(C(=O)N1CCC(NS(C)(=O)=O)CC1)cn2C. The molecule has 8 heteroatoms. The lowest BCUT2D eigenvalue weighted by atomic mass is 10.0. The third kappa shape index (κ3) is 3.81. The van der Waals surface area contributed by atoms with E-state index in [9.17, 15) is 18.0 Å². The molecule has 0 unspecified atom stereocenters. The second-order valence-corrected chi connectivity index (χ2v) is 8.74. The van der Waals surface area contributed by atoms with Crippen LogP contribution in [0, 0.1) is 6.92 Å². The number of amides is 1. The number of aromatic nitrogens is 1. The Kier molecular flexibility index (Phi) is 4.90. The van der Waals surface area contributed by atoms with Gasteiger partial charge < -0.3 is 9.47 Å². The van der Waals surface area contributed by atoms with Gasteiger partial charge in [0.15, 0.2) is 0 Å². The van der Waals surface area contributed by atoms with E-state index >= 15 is 0 Å². The van der Waals surface area contributed by atoms with Crippen LogP contribution in [0.5, 0.6) is 0 Å². The normalized spacial score (nSPS) is 16.2. The van der Waals surface area contributed by atoms with Gasteiger partial charge in [-0.2, -0.15) is 0 Å². The predicted octanol–water partition coefficient (Wildman–Crippen LogP) is 1.00. The maximum absolute atomic E-state index is 12.9. The van der Waals surface area contributed by atoms with Crippen LogP contribution < -0.4 is 10.2 Å². The summed E-state index contributed by atoms with van der Waals surface area (Å²) in [6.45, 7) is 2.75. The Morgan fingerprint density at radius 1 is 1.23 bits per heavy atom. The second kappa shape index (κ2) is 6.85. The van der Waals surface area contributed by atoms with Gasteiger partial charge >= 0.3 is 0 Å². The number of rotatable bonds is 3. The Morgan fingerprint density at radius 2 is 1.88 bits per heavy atom. The molecule has 1 aliphatic rings. The number of hydrogen-bond acceptors (Lipinski definition) is 4. The van der Waals surface area contributed by atoms with E-state index in [1.807, 2.05) is 26.1 Å². The summed E-state index contributed by atoms with van der Waals surface area (Å²) in [7, 11) is -1.45. The highest BCUT2D eigenvalue weighted by Gasteiger charge is 2.27. The molecule has 2 aromatic rings. The van der Waals surface area contributed by atoms with Gasteiger partial charge in [0.1, 0.15) is 5.56 Å². The molecule has 0 atom stereocenters. The highest BCUT2D eigenvalue weighted by Crippen LogP contribution is 2.17. The van der Waals surface area contributed by atoms with E-state index < -0.39 is 10.0 Å². The number of pyridine rings is 1. The van der Waals surface area contributed by atoms with Crippen molar-refractivity contribution in [3.05, 3.63) is 45.7 Å². The largest absolute Gasteiger partial charge is 0.350 e. The molecule has 2 heterocycles. The van der Waals surface area contributed by atoms with Gasteiger partial charge in [-0.1, -0.05) is 11.6 Å². The van der Waals surface area contributed by atoms with E-state index in [0.29, 0.717) is 31.3 Å². The number of nitrogens with one attached hydrogen (secondary N) is 1. The van der Waals surface area contributed by atoms with Gasteiger partial charge in [-0.3, -0.25) is 9.59 Å². The van der Waals surface area contributed by atoms with Crippen molar-refractivity contribution in [3.63, 3.8) is 0 Å². The van der Waals surface area contributed by atoms with Crippen LogP contribution in [0.1, 0.15) is 28.8 Å². The molecule has 1 amide bonds. The lowest BCUT2D eigenvalue weighted by Crippen LogP contribution is -2.47. The van der Waals surface area contributed by atoms with E-state index in [0.717, 1.165) is 17.3 Å². The first-order valence-electron chi connectivity index (χ1n) is 8.52. The van der Waals surface area contributed by atoms with E-state index in [4.69, 9.17) is 0 Å². The number of piperidine rings is 1. The van der Waals surface area contributed by atoms with Gasteiger partial charge in [0.2, 0.25) is 15.5 Å². The molecule has 0 spiro atoms. The minimum Gasteiger partial charge on any atom is -0.350 e. The summed E-state index contributed by atoms with van der Waals surface area (Å²) < 4.78 is 27.0. The molecular weight excluding hydrogens is 354 g/mol. The number of carbonyl (C=O) groups is 1. The number of hydrogen-bond donors (Lipinski definition) is 1. The zero-order chi connectivity index (χ0) is 19.1. The maximum Gasteiger partial charge on any atom is 0.259 e. The van der Waals surface area contributed by atoms with Gasteiger partial charge in [0.25, 0.3) is 5.91 Å². The van der Waals surface area contributed by atoms with Crippen LogP contribution in [0.15, 0.2) is 29.2 Å². The molecule has 1 aromatic heterocycles. The van der Waals surface area contributed by atoms with Crippen molar-refractivity contribution in [2.75, 3.05) is 19.3 Å². The first-order chi connectivity index (χ1) is 12.2. The average molecular weight is 377 g/mol. The van der Waals surface area contributed by atoms with Crippen molar-refractivity contribution in [1.29, 1.82) is 0 Å². The summed E-state index contributed by atoms with van der Waals surface area (Å²) in [5.41, 5.74) is 1.64. The van der Waals surface area contributed by atoms with Crippen LogP contribution in [-0.2, 0) is 17.1 Å². The van der Waals surface area contributed by atoms with Gasteiger partial charge in [0, 0.05) is 37.8 Å². The third-order valence-corrected chi connectivity index (χ3v) is 5.50. The Labute approximate surface area is 152 Å². The highest BCUT2D eigenvalue weighted by molar-refractivity contribution is 7.88. The Bertz CT molecular complexity index is 1020.